The van der Waals surface area contributed by atoms with Gasteiger partial charge in [-0.25, -0.2) is 14.4 Å². The van der Waals surface area contributed by atoms with Crippen LogP contribution in [0.5, 0.6) is 0 Å². The molecular formula is C15H28O10. The van der Waals surface area contributed by atoms with E-state index < -0.39 is 24.0 Å². The van der Waals surface area contributed by atoms with E-state index in [4.69, 9.17) is 35.7 Å². The predicted octanol–water partition coefficient (Wildman–Crippen LogP) is -0.508. The zero-order chi connectivity index (χ0) is 21.3. The standard InChI is InChI=1S/C3H8O3.3C3H4O2.C3H8O/c4-1-3(6)2-5;3*1-2-3(4)5;1-2-3-4/h3-6H,1-2H2;3*2H,1H2,(H,4,5);4H,2-3H2,1H3. The fourth-order valence-corrected chi connectivity index (χ4v) is 0.0577. The summed E-state index contributed by atoms with van der Waals surface area (Å²) in [6.07, 6.45) is 2.42. The zero-order valence-corrected chi connectivity index (χ0v) is 14.1. The first kappa shape index (κ1) is 33.9. The van der Waals surface area contributed by atoms with Crippen LogP contribution >= 0.6 is 0 Å². The summed E-state index contributed by atoms with van der Waals surface area (Å²) in [5.74, 6) is -2.94. The van der Waals surface area contributed by atoms with Gasteiger partial charge in [0, 0.05) is 24.8 Å². The highest BCUT2D eigenvalue weighted by molar-refractivity contribution is 5.79. The van der Waals surface area contributed by atoms with Gasteiger partial charge in [0.1, 0.15) is 6.10 Å². The van der Waals surface area contributed by atoms with Crippen LogP contribution in [0.3, 0.4) is 0 Å². The summed E-state index contributed by atoms with van der Waals surface area (Å²) in [7, 11) is 0. The van der Waals surface area contributed by atoms with E-state index in [1.807, 2.05) is 6.92 Å². The minimum Gasteiger partial charge on any atom is -0.478 e. The Morgan fingerprint density at radius 2 is 0.960 bits per heavy atom. The van der Waals surface area contributed by atoms with Crippen molar-refractivity contribution in [1.29, 1.82) is 0 Å². The summed E-state index contributed by atoms with van der Waals surface area (Å²) in [5.41, 5.74) is 0. The Balaban J connectivity index is -0.0000000671. The normalized spacial score (nSPS) is 7.44. The van der Waals surface area contributed by atoms with Crippen LogP contribution in [-0.2, 0) is 14.4 Å². The maximum atomic E-state index is 9.25. The molecule has 10 heteroatoms. The zero-order valence-electron chi connectivity index (χ0n) is 14.1. The Hall–Kier alpha value is -2.53. The molecule has 0 aliphatic heterocycles. The number of carboxylic acids is 3. The van der Waals surface area contributed by atoms with Gasteiger partial charge in [-0.05, 0) is 6.42 Å². The van der Waals surface area contributed by atoms with Crippen LogP contribution in [0, 0.1) is 0 Å². The maximum absolute atomic E-state index is 9.25. The molecule has 0 aromatic rings. The molecule has 0 aromatic carbocycles. The van der Waals surface area contributed by atoms with Crippen molar-refractivity contribution in [2.24, 2.45) is 0 Å². The lowest BCUT2D eigenvalue weighted by Crippen LogP contribution is -2.15. The summed E-state index contributed by atoms with van der Waals surface area (Å²) in [4.78, 5) is 27.8. The molecule has 0 saturated carbocycles. The molecule has 25 heavy (non-hydrogen) atoms. The second-order valence-corrected chi connectivity index (χ2v) is 3.37. The van der Waals surface area contributed by atoms with Gasteiger partial charge in [0.2, 0.25) is 0 Å². The molecule has 0 amide bonds. The Bertz CT molecular complexity index is 303. The van der Waals surface area contributed by atoms with Gasteiger partial charge < -0.3 is 35.7 Å². The van der Waals surface area contributed by atoms with E-state index in [0.29, 0.717) is 6.61 Å². The molecule has 0 fully saturated rings. The number of aliphatic hydroxyl groups excluding tert-OH is 4. The third kappa shape index (κ3) is 113. The quantitative estimate of drug-likeness (QED) is 0.300. The number of rotatable bonds is 6. The van der Waals surface area contributed by atoms with Crippen molar-refractivity contribution >= 4 is 17.9 Å². The van der Waals surface area contributed by atoms with E-state index in [2.05, 4.69) is 19.7 Å². The first-order chi connectivity index (χ1) is 11.5. The first-order valence-corrected chi connectivity index (χ1v) is 6.60. The minimum atomic E-state index is -0.981. The van der Waals surface area contributed by atoms with Crippen molar-refractivity contribution in [1.82, 2.24) is 0 Å². The van der Waals surface area contributed by atoms with Gasteiger partial charge in [-0.15, -0.1) is 0 Å². The summed E-state index contributed by atoms with van der Waals surface area (Å²) >= 11 is 0. The molecule has 0 heterocycles. The molecule has 0 spiro atoms. The van der Waals surface area contributed by atoms with Crippen LogP contribution in [0.4, 0.5) is 0 Å². The predicted molar refractivity (Wildman–Crippen MR) is 91.1 cm³/mol. The first-order valence-electron chi connectivity index (χ1n) is 6.60. The number of carbonyl (C=O) groups is 3. The largest absolute Gasteiger partial charge is 0.478 e. The van der Waals surface area contributed by atoms with E-state index >= 15 is 0 Å². The van der Waals surface area contributed by atoms with Crippen molar-refractivity contribution in [2.75, 3.05) is 19.8 Å². The Morgan fingerprint density at radius 1 is 0.800 bits per heavy atom. The molecule has 0 unspecified atom stereocenters. The van der Waals surface area contributed by atoms with E-state index in [-0.39, 0.29) is 13.2 Å². The van der Waals surface area contributed by atoms with Crippen LogP contribution < -0.4 is 0 Å². The summed E-state index contributed by atoms with van der Waals surface area (Å²) in [5, 5.41) is 54.7. The average molecular weight is 368 g/mol. The topological polar surface area (TPSA) is 193 Å². The van der Waals surface area contributed by atoms with Crippen LogP contribution in [0.2, 0.25) is 0 Å². The molecule has 0 saturated heterocycles. The second kappa shape index (κ2) is 33.2. The van der Waals surface area contributed by atoms with E-state index in [1.54, 1.807) is 0 Å². The van der Waals surface area contributed by atoms with Gasteiger partial charge in [0.25, 0.3) is 0 Å². The molecular weight excluding hydrogens is 340 g/mol. The molecule has 7 N–H and O–H groups in total. The Labute approximate surface area is 146 Å². The smallest absolute Gasteiger partial charge is 0.327 e. The van der Waals surface area contributed by atoms with Crippen LogP contribution in [0.1, 0.15) is 13.3 Å². The highest BCUT2D eigenvalue weighted by atomic mass is 16.4. The highest BCUT2D eigenvalue weighted by Gasteiger charge is 1.93. The van der Waals surface area contributed by atoms with Crippen molar-refractivity contribution < 1.29 is 50.1 Å². The number of hydrogen-bond donors (Lipinski definition) is 7. The van der Waals surface area contributed by atoms with Gasteiger partial charge in [-0.1, -0.05) is 26.7 Å². The molecule has 0 aromatic heterocycles. The Morgan fingerprint density at radius 3 is 0.960 bits per heavy atom. The molecule has 10 nitrogen and oxygen atoms in total. The highest BCUT2D eigenvalue weighted by Crippen LogP contribution is 1.71. The SMILES string of the molecule is C=CC(=O)O.C=CC(=O)O.C=CC(=O)O.CCCO.OCC(O)CO. The molecule has 0 aliphatic carbocycles. The maximum Gasteiger partial charge on any atom is 0.327 e. The molecule has 148 valence electrons. The van der Waals surface area contributed by atoms with E-state index in [0.717, 1.165) is 24.6 Å². The van der Waals surface area contributed by atoms with Crippen LogP contribution in [0.25, 0.3) is 0 Å². The van der Waals surface area contributed by atoms with Crippen molar-refractivity contribution in [3.05, 3.63) is 38.0 Å². The fraction of sp³-hybridized carbons (Fsp3) is 0.400. The van der Waals surface area contributed by atoms with Crippen molar-refractivity contribution in [2.45, 2.75) is 19.4 Å². The molecule has 0 rings (SSSR count). The monoisotopic (exact) mass is 368 g/mol. The lowest BCUT2D eigenvalue weighted by atomic mass is 10.4. The van der Waals surface area contributed by atoms with E-state index in [9.17, 15) is 14.4 Å². The fourth-order valence-electron chi connectivity index (χ4n) is 0.0577. The van der Waals surface area contributed by atoms with Gasteiger partial charge in [-0.2, -0.15) is 0 Å². The molecule has 0 aliphatic rings. The lowest BCUT2D eigenvalue weighted by molar-refractivity contribution is -0.132. The second-order valence-electron chi connectivity index (χ2n) is 3.37. The van der Waals surface area contributed by atoms with Crippen LogP contribution in [-0.4, -0.2) is 79.6 Å². The van der Waals surface area contributed by atoms with Gasteiger partial charge in [0.05, 0.1) is 13.2 Å². The molecule has 0 radical (unpaired) electrons. The summed E-state index contributed by atoms with van der Waals surface area (Å²) in [6.45, 7) is 10.4. The number of carboxylic acid groups (broad SMARTS) is 3. The molecule has 0 bridgehead atoms. The van der Waals surface area contributed by atoms with Gasteiger partial charge in [-0.3, -0.25) is 0 Å². The number of aliphatic hydroxyl groups is 4. The van der Waals surface area contributed by atoms with Crippen molar-refractivity contribution in [3.63, 3.8) is 0 Å². The van der Waals surface area contributed by atoms with E-state index in [1.165, 1.54) is 0 Å². The Kier molecular flexibility index (Phi) is 45.0. The lowest BCUT2D eigenvalue weighted by Gasteiger charge is -1.96. The third-order valence-corrected chi connectivity index (χ3v) is 1.17. The number of aliphatic carboxylic acids is 3. The van der Waals surface area contributed by atoms with Gasteiger partial charge in [0.15, 0.2) is 0 Å². The summed E-state index contributed by atoms with van der Waals surface area (Å²) in [6, 6.07) is 0. The average Bonchev–Trinajstić information content (AvgIpc) is 2.62. The van der Waals surface area contributed by atoms with Crippen LogP contribution in [0.15, 0.2) is 38.0 Å². The molecule has 0 atom stereocenters. The number of hydrogen-bond acceptors (Lipinski definition) is 7. The minimum absolute atomic E-state index is 0.319. The van der Waals surface area contributed by atoms with Gasteiger partial charge >= 0.3 is 17.9 Å². The third-order valence-electron chi connectivity index (χ3n) is 1.17. The summed E-state index contributed by atoms with van der Waals surface area (Å²) < 4.78 is 0. The van der Waals surface area contributed by atoms with Crippen molar-refractivity contribution in [3.8, 4) is 0 Å².